The molecule has 0 bridgehead atoms. The van der Waals surface area contributed by atoms with Crippen LogP contribution in [0.15, 0.2) is 35.7 Å². The van der Waals surface area contributed by atoms with E-state index in [1.165, 1.54) is 18.3 Å². The fourth-order valence-electron chi connectivity index (χ4n) is 2.08. The summed E-state index contributed by atoms with van der Waals surface area (Å²) in [5, 5.41) is 12.0. The van der Waals surface area contributed by atoms with E-state index in [1.807, 2.05) is 17.5 Å². The van der Waals surface area contributed by atoms with Gasteiger partial charge in [0.25, 0.3) is 0 Å². The molecule has 0 saturated carbocycles. The maximum atomic E-state index is 12.0. The second-order valence-electron chi connectivity index (χ2n) is 4.86. The molecule has 1 aromatic carbocycles. The third-order valence-electron chi connectivity index (χ3n) is 3.21. The van der Waals surface area contributed by atoms with Gasteiger partial charge in [-0.3, -0.25) is 9.69 Å². The fraction of sp³-hybridized carbons (Fsp3) is 0.250. The largest absolute Gasteiger partial charge is 0.489 e. The number of anilines is 2. The minimum Gasteiger partial charge on any atom is -0.489 e. The lowest BCUT2D eigenvalue weighted by Gasteiger charge is -2.20. The molecule has 0 aliphatic carbocycles. The second-order valence-corrected chi connectivity index (χ2v) is 5.79. The number of hydrogen-bond acceptors (Lipinski definition) is 5. The van der Waals surface area contributed by atoms with Crippen LogP contribution >= 0.6 is 11.3 Å². The summed E-state index contributed by atoms with van der Waals surface area (Å²) in [5.41, 5.74) is 1.06. The summed E-state index contributed by atoms with van der Waals surface area (Å²) in [4.78, 5) is 13.5. The highest BCUT2D eigenvalue weighted by molar-refractivity contribution is 7.14. The van der Waals surface area contributed by atoms with Crippen molar-refractivity contribution >= 4 is 27.9 Å². The summed E-state index contributed by atoms with van der Waals surface area (Å²) in [6.45, 7) is 2.65. The summed E-state index contributed by atoms with van der Waals surface area (Å²) in [5.74, 6) is 0.405. The minimum atomic E-state index is -0.105. The number of carbonyl (C=O) groups excluding carboxylic acids is 1. The number of carbonyl (C=O) groups is 1. The Morgan fingerprint density at radius 3 is 2.95 bits per heavy atom. The van der Waals surface area contributed by atoms with Crippen LogP contribution in [0.1, 0.15) is 12.5 Å². The van der Waals surface area contributed by atoms with E-state index in [2.05, 4.69) is 6.07 Å². The lowest BCUT2D eigenvalue weighted by atomic mass is 10.1. The van der Waals surface area contributed by atoms with Crippen LogP contribution in [0.5, 0.6) is 5.75 Å². The second kappa shape index (κ2) is 6.18. The van der Waals surface area contributed by atoms with Gasteiger partial charge < -0.3 is 9.47 Å². The van der Waals surface area contributed by atoms with Gasteiger partial charge in [0.15, 0.2) is 0 Å². The Morgan fingerprint density at radius 2 is 2.36 bits per heavy atom. The Labute approximate surface area is 132 Å². The molecule has 1 aliphatic heterocycles. The number of thiophene rings is 1. The van der Waals surface area contributed by atoms with E-state index in [4.69, 9.17) is 9.47 Å². The molecule has 0 spiro atoms. The first kappa shape index (κ1) is 14.6. The Hall–Kier alpha value is -2.36. The molecule has 1 amide bonds. The van der Waals surface area contributed by atoms with Crippen molar-refractivity contribution in [3.05, 3.63) is 41.3 Å². The van der Waals surface area contributed by atoms with Gasteiger partial charge >= 0.3 is 0 Å². The summed E-state index contributed by atoms with van der Waals surface area (Å²) in [6, 6.07) is 11.0. The highest BCUT2D eigenvalue weighted by Crippen LogP contribution is 2.33. The molecule has 2 aromatic rings. The predicted molar refractivity (Wildman–Crippen MR) is 83.5 cm³/mol. The smallest absolute Gasteiger partial charge is 0.229 e. The third-order valence-corrected chi connectivity index (χ3v) is 4.06. The van der Waals surface area contributed by atoms with Crippen LogP contribution in [-0.2, 0) is 9.53 Å². The monoisotopic (exact) mass is 314 g/mol. The predicted octanol–water partition coefficient (Wildman–Crippen LogP) is 3.08. The van der Waals surface area contributed by atoms with Gasteiger partial charge in [-0.2, -0.15) is 5.26 Å². The lowest BCUT2D eigenvalue weighted by Crippen LogP contribution is -2.21. The number of amides is 1. The van der Waals surface area contributed by atoms with Gasteiger partial charge in [-0.1, -0.05) is 0 Å². The number of ether oxygens (including phenoxy) is 2. The maximum Gasteiger partial charge on any atom is 0.229 e. The van der Waals surface area contributed by atoms with E-state index in [1.54, 1.807) is 23.1 Å². The Balaban J connectivity index is 1.89. The van der Waals surface area contributed by atoms with Crippen molar-refractivity contribution in [3.8, 4) is 11.8 Å². The Kier molecular flexibility index (Phi) is 4.09. The highest BCUT2D eigenvalue weighted by Gasteiger charge is 2.24. The summed E-state index contributed by atoms with van der Waals surface area (Å²) in [7, 11) is 0. The van der Waals surface area contributed by atoms with Gasteiger partial charge in [0.05, 0.1) is 17.9 Å². The number of epoxide rings is 1. The summed E-state index contributed by atoms with van der Waals surface area (Å²) in [6.07, 6.45) is 0.131. The Bertz CT molecular complexity index is 717. The van der Waals surface area contributed by atoms with Crippen molar-refractivity contribution < 1.29 is 14.3 Å². The van der Waals surface area contributed by atoms with Crippen molar-refractivity contribution in [1.29, 1.82) is 5.26 Å². The van der Waals surface area contributed by atoms with Crippen LogP contribution in [0.2, 0.25) is 0 Å². The first-order valence-electron chi connectivity index (χ1n) is 6.82. The van der Waals surface area contributed by atoms with Crippen molar-refractivity contribution in [1.82, 2.24) is 0 Å². The van der Waals surface area contributed by atoms with Crippen LogP contribution in [0.4, 0.5) is 10.7 Å². The number of nitrogens with zero attached hydrogens (tertiary/aromatic N) is 2. The van der Waals surface area contributed by atoms with Crippen LogP contribution in [-0.4, -0.2) is 25.2 Å². The SMILES string of the molecule is CC(=O)N(c1ccc(OCC2CO2)c(C#N)c1)c1cccs1. The molecule has 0 radical (unpaired) electrons. The van der Waals surface area contributed by atoms with Gasteiger partial charge in [-0.05, 0) is 35.7 Å². The molecule has 5 nitrogen and oxygen atoms in total. The fourth-order valence-corrected chi connectivity index (χ4v) is 2.87. The van der Waals surface area contributed by atoms with Crippen molar-refractivity contribution in [3.63, 3.8) is 0 Å². The van der Waals surface area contributed by atoms with E-state index < -0.39 is 0 Å². The quantitative estimate of drug-likeness (QED) is 0.796. The highest BCUT2D eigenvalue weighted by atomic mass is 32.1. The van der Waals surface area contributed by atoms with Crippen LogP contribution < -0.4 is 9.64 Å². The summed E-state index contributed by atoms with van der Waals surface area (Å²) >= 11 is 1.47. The number of hydrogen-bond donors (Lipinski definition) is 0. The first-order valence-corrected chi connectivity index (χ1v) is 7.70. The maximum absolute atomic E-state index is 12.0. The van der Waals surface area contributed by atoms with Crippen LogP contribution in [0.25, 0.3) is 0 Å². The zero-order chi connectivity index (χ0) is 15.5. The molecule has 1 aliphatic rings. The van der Waals surface area contributed by atoms with E-state index >= 15 is 0 Å². The van der Waals surface area contributed by atoms with Crippen molar-refractivity contribution in [2.24, 2.45) is 0 Å². The minimum absolute atomic E-state index is 0.105. The molecule has 112 valence electrons. The third kappa shape index (κ3) is 3.11. The van der Waals surface area contributed by atoms with Crippen LogP contribution in [0.3, 0.4) is 0 Å². The molecular weight excluding hydrogens is 300 g/mol. The van der Waals surface area contributed by atoms with E-state index in [0.717, 1.165) is 5.00 Å². The normalized spacial score (nSPS) is 15.9. The van der Waals surface area contributed by atoms with Gasteiger partial charge in [0, 0.05) is 6.92 Å². The van der Waals surface area contributed by atoms with Crippen molar-refractivity contribution in [2.75, 3.05) is 18.1 Å². The zero-order valence-corrected chi connectivity index (χ0v) is 12.8. The average molecular weight is 314 g/mol. The summed E-state index contributed by atoms with van der Waals surface area (Å²) < 4.78 is 10.7. The number of benzene rings is 1. The molecule has 1 saturated heterocycles. The topological polar surface area (TPSA) is 65.9 Å². The van der Waals surface area contributed by atoms with Gasteiger partial charge in [-0.15, -0.1) is 11.3 Å². The number of rotatable bonds is 5. The zero-order valence-electron chi connectivity index (χ0n) is 12.0. The molecular formula is C16H14N2O3S. The Morgan fingerprint density at radius 1 is 1.55 bits per heavy atom. The van der Waals surface area contributed by atoms with E-state index in [0.29, 0.717) is 30.2 Å². The van der Waals surface area contributed by atoms with Gasteiger partial charge in [0.2, 0.25) is 5.91 Å². The molecule has 1 atom stereocenters. The lowest BCUT2D eigenvalue weighted by molar-refractivity contribution is -0.115. The molecule has 0 N–H and O–H groups in total. The average Bonchev–Trinajstić information content (AvgIpc) is 3.20. The number of nitriles is 1. The van der Waals surface area contributed by atoms with Crippen molar-refractivity contribution in [2.45, 2.75) is 13.0 Å². The van der Waals surface area contributed by atoms with E-state index in [-0.39, 0.29) is 12.0 Å². The van der Waals surface area contributed by atoms with Crippen LogP contribution in [0, 0.1) is 11.3 Å². The molecule has 2 heterocycles. The standard InChI is InChI=1S/C16H14N2O3S/c1-11(19)18(16-3-2-6-22-16)13-4-5-15(12(7-13)8-17)21-10-14-9-20-14/h2-7,14H,9-10H2,1H3. The van der Waals surface area contributed by atoms with E-state index in [9.17, 15) is 10.1 Å². The van der Waals surface area contributed by atoms with Gasteiger partial charge in [0.1, 0.15) is 29.5 Å². The van der Waals surface area contributed by atoms with Gasteiger partial charge in [-0.25, -0.2) is 0 Å². The molecule has 6 heteroatoms. The molecule has 22 heavy (non-hydrogen) atoms. The molecule has 1 unspecified atom stereocenters. The molecule has 1 fully saturated rings. The first-order chi connectivity index (χ1) is 10.7. The molecule has 3 rings (SSSR count). The molecule has 1 aromatic heterocycles.